The van der Waals surface area contributed by atoms with Crippen molar-refractivity contribution in [1.29, 1.82) is 0 Å². The first-order chi connectivity index (χ1) is 10.3. The molecule has 0 saturated carbocycles. The van der Waals surface area contributed by atoms with Crippen molar-refractivity contribution in [3.8, 4) is 0 Å². The molecule has 0 spiro atoms. The predicted molar refractivity (Wildman–Crippen MR) is 94.8 cm³/mol. The van der Waals surface area contributed by atoms with Gasteiger partial charge in [-0.1, -0.05) is 101 Å². The number of hydrogen-bond donors (Lipinski definition) is 0. The van der Waals surface area contributed by atoms with Crippen LogP contribution in [0.5, 0.6) is 0 Å². The Morgan fingerprint density at radius 2 is 1.52 bits per heavy atom. The summed E-state index contributed by atoms with van der Waals surface area (Å²) < 4.78 is 0. The van der Waals surface area contributed by atoms with Gasteiger partial charge in [0, 0.05) is 0 Å². The van der Waals surface area contributed by atoms with E-state index in [0.717, 1.165) is 5.92 Å². The van der Waals surface area contributed by atoms with E-state index in [2.05, 4.69) is 56.3 Å². The van der Waals surface area contributed by atoms with E-state index in [9.17, 15) is 0 Å². The molecule has 2 aromatic rings. The third kappa shape index (κ3) is 5.19. The zero-order valence-corrected chi connectivity index (χ0v) is 13.8. The Morgan fingerprint density at radius 3 is 2.38 bits per heavy atom. The molecule has 0 aliphatic carbocycles. The van der Waals surface area contributed by atoms with Gasteiger partial charge in [0.25, 0.3) is 0 Å². The van der Waals surface area contributed by atoms with Crippen LogP contribution in [-0.4, -0.2) is 0 Å². The number of rotatable bonds is 9. The molecule has 1 unspecified atom stereocenters. The maximum absolute atomic E-state index is 2.41. The van der Waals surface area contributed by atoms with E-state index in [0.29, 0.717) is 0 Å². The molecular formula is C21H30. The van der Waals surface area contributed by atoms with E-state index >= 15 is 0 Å². The maximum Gasteiger partial charge on any atom is -0.0152 e. The number of unbranched alkanes of at least 4 members (excludes halogenated alkanes) is 5. The van der Waals surface area contributed by atoms with Crippen molar-refractivity contribution in [1.82, 2.24) is 0 Å². The second-order valence-corrected chi connectivity index (χ2v) is 6.50. The lowest BCUT2D eigenvalue weighted by Gasteiger charge is -2.13. The van der Waals surface area contributed by atoms with Crippen LogP contribution in [0.2, 0.25) is 0 Å². The highest BCUT2D eigenvalue weighted by atomic mass is 14.1. The Bertz CT molecular complexity index is 521. The Balaban J connectivity index is 1.80. The Hall–Kier alpha value is -1.30. The van der Waals surface area contributed by atoms with E-state index in [1.807, 2.05) is 0 Å². The zero-order valence-electron chi connectivity index (χ0n) is 13.8. The molecule has 1 atom stereocenters. The zero-order chi connectivity index (χ0) is 14.9. The van der Waals surface area contributed by atoms with Gasteiger partial charge in [0.2, 0.25) is 0 Å². The molecule has 0 aromatic heterocycles. The molecule has 0 saturated heterocycles. The van der Waals surface area contributed by atoms with Crippen molar-refractivity contribution < 1.29 is 0 Å². The Morgan fingerprint density at radius 1 is 0.810 bits per heavy atom. The third-order valence-corrected chi connectivity index (χ3v) is 4.50. The van der Waals surface area contributed by atoms with Crippen molar-refractivity contribution >= 4 is 10.8 Å². The second-order valence-electron chi connectivity index (χ2n) is 6.50. The lowest BCUT2D eigenvalue weighted by atomic mass is 9.92. The first-order valence-corrected chi connectivity index (χ1v) is 8.78. The van der Waals surface area contributed by atoms with Crippen LogP contribution in [0.4, 0.5) is 0 Å². The van der Waals surface area contributed by atoms with Crippen LogP contribution in [-0.2, 0) is 6.42 Å². The summed E-state index contributed by atoms with van der Waals surface area (Å²) in [7, 11) is 0. The molecule has 114 valence electrons. The van der Waals surface area contributed by atoms with Crippen LogP contribution in [0.3, 0.4) is 0 Å². The molecule has 21 heavy (non-hydrogen) atoms. The van der Waals surface area contributed by atoms with E-state index < -0.39 is 0 Å². The SMILES string of the molecule is CCCCCCCCC(C)Cc1cccc2ccccc12. The van der Waals surface area contributed by atoms with Gasteiger partial charge in [0.05, 0.1) is 0 Å². The van der Waals surface area contributed by atoms with Crippen molar-refractivity contribution in [3.05, 3.63) is 48.0 Å². The summed E-state index contributed by atoms with van der Waals surface area (Å²) >= 11 is 0. The van der Waals surface area contributed by atoms with Crippen LogP contribution >= 0.6 is 0 Å². The maximum atomic E-state index is 2.41. The van der Waals surface area contributed by atoms with Crippen LogP contribution in [0, 0.1) is 5.92 Å². The summed E-state index contributed by atoms with van der Waals surface area (Å²) in [5.41, 5.74) is 1.52. The lowest BCUT2D eigenvalue weighted by molar-refractivity contribution is 0.482. The highest BCUT2D eigenvalue weighted by molar-refractivity contribution is 5.85. The van der Waals surface area contributed by atoms with E-state index in [4.69, 9.17) is 0 Å². The largest absolute Gasteiger partial charge is 0.0654 e. The Labute approximate surface area is 130 Å². The lowest BCUT2D eigenvalue weighted by Crippen LogP contribution is -2.00. The summed E-state index contributed by atoms with van der Waals surface area (Å²) in [6.07, 6.45) is 11.0. The van der Waals surface area contributed by atoms with Gasteiger partial charge in [-0.25, -0.2) is 0 Å². The molecular weight excluding hydrogens is 252 g/mol. The highest BCUT2D eigenvalue weighted by Crippen LogP contribution is 2.23. The van der Waals surface area contributed by atoms with Crippen LogP contribution in [0.1, 0.15) is 64.4 Å². The third-order valence-electron chi connectivity index (χ3n) is 4.50. The van der Waals surface area contributed by atoms with Gasteiger partial charge in [-0.2, -0.15) is 0 Å². The molecule has 0 heteroatoms. The number of benzene rings is 2. The van der Waals surface area contributed by atoms with Gasteiger partial charge in [-0.05, 0) is 28.7 Å². The van der Waals surface area contributed by atoms with Crippen molar-refractivity contribution in [2.75, 3.05) is 0 Å². The summed E-state index contributed by atoms with van der Waals surface area (Å²) in [6, 6.07) is 15.5. The summed E-state index contributed by atoms with van der Waals surface area (Å²) in [5.74, 6) is 0.794. The topological polar surface area (TPSA) is 0 Å². The molecule has 0 aliphatic heterocycles. The normalized spacial score (nSPS) is 12.7. The van der Waals surface area contributed by atoms with Crippen molar-refractivity contribution in [3.63, 3.8) is 0 Å². The fraction of sp³-hybridized carbons (Fsp3) is 0.524. The summed E-state index contributed by atoms with van der Waals surface area (Å²) in [6.45, 7) is 4.69. The standard InChI is InChI=1S/C21H30/c1-3-4-5-6-7-8-12-18(2)17-20-15-11-14-19-13-9-10-16-21(19)20/h9-11,13-16,18H,3-8,12,17H2,1-2H3. The first-order valence-electron chi connectivity index (χ1n) is 8.78. The minimum atomic E-state index is 0.794. The molecule has 0 heterocycles. The molecule has 0 aliphatic rings. The van der Waals surface area contributed by atoms with Gasteiger partial charge >= 0.3 is 0 Å². The average molecular weight is 282 g/mol. The monoisotopic (exact) mass is 282 g/mol. The van der Waals surface area contributed by atoms with Gasteiger partial charge in [0.15, 0.2) is 0 Å². The molecule has 0 nitrogen and oxygen atoms in total. The molecule has 0 bridgehead atoms. The fourth-order valence-corrected chi connectivity index (χ4v) is 3.22. The van der Waals surface area contributed by atoms with Gasteiger partial charge in [-0.15, -0.1) is 0 Å². The fourth-order valence-electron chi connectivity index (χ4n) is 3.22. The molecule has 2 aromatic carbocycles. The molecule has 2 rings (SSSR count). The van der Waals surface area contributed by atoms with E-state index in [1.54, 1.807) is 0 Å². The van der Waals surface area contributed by atoms with Gasteiger partial charge in [0.1, 0.15) is 0 Å². The van der Waals surface area contributed by atoms with Gasteiger partial charge < -0.3 is 0 Å². The molecule has 0 amide bonds. The molecule has 0 radical (unpaired) electrons. The van der Waals surface area contributed by atoms with E-state index in [1.165, 1.54) is 67.7 Å². The quantitative estimate of drug-likeness (QED) is 0.445. The predicted octanol–water partition coefficient (Wildman–Crippen LogP) is 6.77. The second kappa shape index (κ2) is 8.87. The van der Waals surface area contributed by atoms with Gasteiger partial charge in [-0.3, -0.25) is 0 Å². The van der Waals surface area contributed by atoms with Crippen LogP contribution in [0.25, 0.3) is 10.8 Å². The minimum absolute atomic E-state index is 0.794. The van der Waals surface area contributed by atoms with E-state index in [-0.39, 0.29) is 0 Å². The summed E-state index contributed by atoms with van der Waals surface area (Å²) in [4.78, 5) is 0. The van der Waals surface area contributed by atoms with Crippen LogP contribution < -0.4 is 0 Å². The minimum Gasteiger partial charge on any atom is -0.0654 e. The number of hydrogen-bond acceptors (Lipinski definition) is 0. The number of fused-ring (bicyclic) bond motifs is 1. The highest BCUT2D eigenvalue weighted by Gasteiger charge is 2.06. The van der Waals surface area contributed by atoms with Crippen molar-refractivity contribution in [2.45, 2.75) is 65.2 Å². The average Bonchev–Trinajstić information content (AvgIpc) is 2.51. The smallest absolute Gasteiger partial charge is 0.0152 e. The first kappa shape index (κ1) is 16.1. The van der Waals surface area contributed by atoms with Crippen LogP contribution in [0.15, 0.2) is 42.5 Å². The molecule has 0 fully saturated rings. The Kier molecular flexibility index (Phi) is 6.79. The van der Waals surface area contributed by atoms with Crippen molar-refractivity contribution in [2.24, 2.45) is 5.92 Å². The summed E-state index contributed by atoms with van der Waals surface area (Å²) in [5, 5.41) is 2.82. The molecule has 0 N–H and O–H groups in total.